The molecule has 1 N–H and O–H groups in total. The summed E-state index contributed by atoms with van der Waals surface area (Å²) in [6.07, 6.45) is 8.26. The van der Waals surface area contributed by atoms with Gasteiger partial charge in [-0.05, 0) is 30.7 Å². The van der Waals surface area contributed by atoms with Crippen molar-refractivity contribution in [3.63, 3.8) is 0 Å². The standard InChI is InChI=1S/C14H29N/c1-5-12(6-2)11-15-13-9-7-8-10-14(13,3)4/h12-13,15H,5-11H2,1-4H3. The van der Waals surface area contributed by atoms with Crippen LogP contribution in [0.4, 0.5) is 0 Å². The van der Waals surface area contributed by atoms with Gasteiger partial charge in [-0.3, -0.25) is 0 Å². The van der Waals surface area contributed by atoms with Crippen molar-refractivity contribution in [2.45, 2.75) is 72.3 Å². The number of nitrogens with one attached hydrogen (secondary N) is 1. The first-order chi connectivity index (χ1) is 7.10. The SMILES string of the molecule is CCC(CC)CNC1CCCCC1(C)C. The largest absolute Gasteiger partial charge is 0.313 e. The van der Waals surface area contributed by atoms with E-state index in [1.165, 1.54) is 45.1 Å². The van der Waals surface area contributed by atoms with Crippen LogP contribution in [-0.4, -0.2) is 12.6 Å². The molecule has 0 aromatic carbocycles. The molecule has 0 heterocycles. The summed E-state index contributed by atoms with van der Waals surface area (Å²) >= 11 is 0. The molecule has 0 spiro atoms. The van der Waals surface area contributed by atoms with E-state index in [1.54, 1.807) is 0 Å². The lowest BCUT2D eigenvalue weighted by atomic mass is 9.73. The van der Waals surface area contributed by atoms with Crippen molar-refractivity contribution < 1.29 is 0 Å². The Bertz CT molecular complexity index is 170. The van der Waals surface area contributed by atoms with E-state index in [0.717, 1.165) is 12.0 Å². The molecule has 0 aromatic rings. The minimum absolute atomic E-state index is 0.518. The minimum atomic E-state index is 0.518. The van der Waals surface area contributed by atoms with Gasteiger partial charge in [0.05, 0.1) is 0 Å². The molecule has 0 bridgehead atoms. The van der Waals surface area contributed by atoms with Gasteiger partial charge in [-0.15, -0.1) is 0 Å². The summed E-state index contributed by atoms with van der Waals surface area (Å²) in [5.74, 6) is 0.878. The van der Waals surface area contributed by atoms with Crippen LogP contribution in [0.25, 0.3) is 0 Å². The Kier molecular flexibility index (Phi) is 5.11. The predicted octanol–water partition coefficient (Wildman–Crippen LogP) is 3.98. The normalized spacial score (nSPS) is 25.8. The average Bonchev–Trinajstić information content (AvgIpc) is 2.21. The third-order valence-corrected chi connectivity index (χ3v) is 4.31. The molecule has 0 aromatic heterocycles. The summed E-state index contributed by atoms with van der Waals surface area (Å²) in [7, 11) is 0. The van der Waals surface area contributed by atoms with Crippen molar-refractivity contribution in [2.24, 2.45) is 11.3 Å². The lowest BCUT2D eigenvalue weighted by Gasteiger charge is -2.40. The smallest absolute Gasteiger partial charge is 0.0118 e. The van der Waals surface area contributed by atoms with Crippen LogP contribution in [0, 0.1) is 11.3 Å². The highest BCUT2D eigenvalue weighted by atomic mass is 14.9. The molecular weight excluding hydrogens is 182 g/mol. The first-order valence-corrected chi connectivity index (χ1v) is 6.83. The fourth-order valence-corrected chi connectivity index (χ4v) is 2.76. The molecule has 0 amide bonds. The van der Waals surface area contributed by atoms with Gasteiger partial charge in [0.15, 0.2) is 0 Å². The Morgan fingerprint density at radius 3 is 2.40 bits per heavy atom. The minimum Gasteiger partial charge on any atom is -0.313 e. The molecular formula is C14H29N. The highest BCUT2D eigenvalue weighted by Crippen LogP contribution is 2.35. The first-order valence-electron chi connectivity index (χ1n) is 6.83. The average molecular weight is 211 g/mol. The number of hydrogen-bond acceptors (Lipinski definition) is 1. The maximum Gasteiger partial charge on any atom is 0.0118 e. The van der Waals surface area contributed by atoms with Crippen molar-refractivity contribution >= 4 is 0 Å². The van der Waals surface area contributed by atoms with E-state index < -0.39 is 0 Å². The highest BCUT2D eigenvalue weighted by molar-refractivity contribution is 4.88. The molecule has 1 aliphatic rings. The predicted molar refractivity (Wildman–Crippen MR) is 68.1 cm³/mol. The van der Waals surface area contributed by atoms with Crippen molar-refractivity contribution in [1.82, 2.24) is 5.32 Å². The summed E-state index contributed by atoms with van der Waals surface area (Å²) in [6, 6.07) is 0.756. The summed E-state index contributed by atoms with van der Waals surface area (Å²) in [4.78, 5) is 0. The topological polar surface area (TPSA) is 12.0 Å². The molecule has 1 atom stereocenters. The molecule has 0 saturated heterocycles. The second-order valence-corrected chi connectivity index (χ2v) is 5.88. The molecule has 90 valence electrons. The first kappa shape index (κ1) is 13.0. The van der Waals surface area contributed by atoms with Gasteiger partial charge in [-0.25, -0.2) is 0 Å². The third-order valence-electron chi connectivity index (χ3n) is 4.31. The zero-order chi connectivity index (χ0) is 11.3. The molecule has 1 rings (SSSR count). The Hall–Kier alpha value is -0.0400. The molecule has 1 fully saturated rings. The van der Waals surface area contributed by atoms with Crippen molar-refractivity contribution in [2.75, 3.05) is 6.54 Å². The van der Waals surface area contributed by atoms with Crippen LogP contribution in [0.3, 0.4) is 0 Å². The Morgan fingerprint density at radius 2 is 1.87 bits per heavy atom. The molecule has 1 heteroatoms. The van der Waals surface area contributed by atoms with E-state index >= 15 is 0 Å². The van der Waals surface area contributed by atoms with E-state index in [-0.39, 0.29) is 0 Å². The van der Waals surface area contributed by atoms with Crippen LogP contribution in [0.1, 0.15) is 66.2 Å². The van der Waals surface area contributed by atoms with Gasteiger partial charge in [0, 0.05) is 6.04 Å². The van der Waals surface area contributed by atoms with Crippen LogP contribution >= 0.6 is 0 Å². The summed E-state index contributed by atoms with van der Waals surface area (Å²) in [5.41, 5.74) is 0.518. The highest BCUT2D eigenvalue weighted by Gasteiger charge is 2.31. The summed E-state index contributed by atoms with van der Waals surface area (Å²) in [6.45, 7) is 10.7. The van der Waals surface area contributed by atoms with Crippen molar-refractivity contribution in [3.05, 3.63) is 0 Å². The second kappa shape index (κ2) is 5.89. The van der Waals surface area contributed by atoms with Crippen LogP contribution in [0.5, 0.6) is 0 Å². The zero-order valence-electron chi connectivity index (χ0n) is 11.1. The van der Waals surface area contributed by atoms with E-state index in [4.69, 9.17) is 0 Å². The van der Waals surface area contributed by atoms with E-state index in [0.29, 0.717) is 5.41 Å². The molecule has 1 nitrogen and oxygen atoms in total. The molecule has 1 saturated carbocycles. The van der Waals surface area contributed by atoms with Gasteiger partial charge in [-0.1, -0.05) is 53.4 Å². The summed E-state index contributed by atoms with van der Waals surface area (Å²) in [5, 5.41) is 3.81. The van der Waals surface area contributed by atoms with Crippen molar-refractivity contribution in [3.8, 4) is 0 Å². The van der Waals surface area contributed by atoms with Crippen LogP contribution in [0.15, 0.2) is 0 Å². The zero-order valence-corrected chi connectivity index (χ0v) is 11.1. The van der Waals surface area contributed by atoms with Gasteiger partial charge in [0.1, 0.15) is 0 Å². The Morgan fingerprint density at radius 1 is 1.20 bits per heavy atom. The quantitative estimate of drug-likeness (QED) is 0.725. The van der Waals surface area contributed by atoms with Gasteiger partial charge in [0.25, 0.3) is 0 Å². The molecule has 1 unspecified atom stereocenters. The Labute approximate surface area is 96.0 Å². The second-order valence-electron chi connectivity index (χ2n) is 5.88. The van der Waals surface area contributed by atoms with Crippen LogP contribution < -0.4 is 5.32 Å². The van der Waals surface area contributed by atoms with E-state index in [1.807, 2.05) is 0 Å². The van der Waals surface area contributed by atoms with Gasteiger partial charge in [0.2, 0.25) is 0 Å². The molecule has 0 radical (unpaired) electrons. The van der Waals surface area contributed by atoms with Crippen LogP contribution in [-0.2, 0) is 0 Å². The molecule has 1 aliphatic carbocycles. The van der Waals surface area contributed by atoms with E-state index in [9.17, 15) is 0 Å². The fourth-order valence-electron chi connectivity index (χ4n) is 2.76. The lowest BCUT2D eigenvalue weighted by Crippen LogP contribution is -2.45. The maximum atomic E-state index is 3.81. The number of hydrogen-bond donors (Lipinski definition) is 1. The number of rotatable bonds is 5. The van der Waals surface area contributed by atoms with Gasteiger partial charge < -0.3 is 5.32 Å². The third kappa shape index (κ3) is 3.79. The summed E-state index contributed by atoms with van der Waals surface area (Å²) < 4.78 is 0. The Balaban J connectivity index is 2.35. The van der Waals surface area contributed by atoms with E-state index in [2.05, 4.69) is 33.0 Å². The van der Waals surface area contributed by atoms with Gasteiger partial charge in [-0.2, -0.15) is 0 Å². The van der Waals surface area contributed by atoms with Crippen LogP contribution in [0.2, 0.25) is 0 Å². The maximum absolute atomic E-state index is 3.81. The fraction of sp³-hybridized carbons (Fsp3) is 1.00. The monoisotopic (exact) mass is 211 g/mol. The lowest BCUT2D eigenvalue weighted by molar-refractivity contribution is 0.162. The molecule has 0 aliphatic heterocycles. The van der Waals surface area contributed by atoms with Gasteiger partial charge >= 0.3 is 0 Å². The van der Waals surface area contributed by atoms with Crippen molar-refractivity contribution in [1.29, 1.82) is 0 Å². The molecule has 15 heavy (non-hydrogen) atoms.